The van der Waals surface area contributed by atoms with Gasteiger partial charge in [0.15, 0.2) is 0 Å². The highest BCUT2D eigenvalue weighted by molar-refractivity contribution is 7.18. The summed E-state index contributed by atoms with van der Waals surface area (Å²) in [5.41, 5.74) is 1.70. The number of aryl methyl sites for hydroxylation is 1. The van der Waals surface area contributed by atoms with Gasteiger partial charge in [-0.25, -0.2) is 4.39 Å². The molecule has 0 aliphatic heterocycles. The van der Waals surface area contributed by atoms with Gasteiger partial charge in [-0.2, -0.15) is 0 Å². The van der Waals surface area contributed by atoms with Gasteiger partial charge >= 0.3 is 0 Å². The largest absolute Gasteiger partial charge is 0.207 e. The molecule has 2 nitrogen and oxygen atoms in total. The lowest BCUT2D eigenvalue weighted by Gasteiger charge is -2.00. The number of benzene rings is 1. The van der Waals surface area contributed by atoms with Crippen molar-refractivity contribution in [2.75, 3.05) is 0 Å². The SMILES string of the molecule is Cc1ccc(F)cc1-c1nnc(Cl)s1. The third-order valence-corrected chi connectivity index (χ3v) is 2.88. The quantitative estimate of drug-likeness (QED) is 0.749. The summed E-state index contributed by atoms with van der Waals surface area (Å²) in [6.07, 6.45) is 0. The van der Waals surface area contributed by atoms with Crippen molar-refractivity contribution < 1.29 is 4.39 Å². The third kappa shape index (κ3) is 1.76. The Hall–Kier alpha value is -1.00. The van der Waals surface area contributed by atoms with Crippen LogP contribution >= 0.6 is 22.9 Å². The maximum atomic E-state index is 13.0. The van der Waals surface area contributed by atoms with Crippen LogP contribution in [0.3, 0.4) is 0 Å². The molecule has 0 aliphatic carbocycles. The molecule has 0 saturated carbocycles. The van der Waals surface area contributed by atoms with Crippen molar-refractivity contribution in [1.29, 1.82) is 0 Å². The molecule has 0 radical (unpaired) electrons. The minimum absolute atomic E-state index is 0.281. The zero-order chi connectivity index (χ0) is 10.1. The molecule has 2 rings (SSSR count). The summed E-state index contributed by atoms with van der Waals surface area (Å²) in [5, 5.41) is 8.18. The van der Waals surface area contributed by atoms with Gasteiger partial charge in [0.2, 0.25) is 4.47 Å². The van der Waals surface area contributed by atoms with Crippen LogP contribution in [0.1, 0.15) is 5.56 Å². The lowest BCUT2D eigenvalue weighted by molar-refractivity contribution is 0.628. The zero-order valence-electron chi connectivity index (χ0n) is 7.29. The van der Waals surface area contributed by atoms with E-state index in [2.05, 4.69) is 10.2 Å². The van der Waals surface area contributed by atoms with Crippen molar-refractivity contribution >= 4 is 22.9 Å². The van der Waals surface area contributed by atoms with Gasteiger partial charge in [0, 0.05) is 5.56 Å². The van der Waals surface area contributed by atoms with Crippen molar-refractivity contribution in [3.8, 4) is 10.6 Å². The molecular weight excluding hydrogens is 223 g/mol. The van der Waals surface area contributed by atoms with Gasteiger partial charge in [-0.15, -0.1) is 10.2 Å². The van der Waals surface area contributed by atoms with E-state index in [1.807, 2.05) is 6.92 Å². The number of nitrogens with zero attached hydrogens (tertiary/aromatic N) is 2. The summed E-state index contributed by atoms with van der Waals surface area (Å²) in [7, 11) is 0. The lowest BCUT2D eigenvalue weighted by atomic mass is 10.1. The van der Waals surface area contributed by atoms with E-state index in [4.69, 9.17) is 11.6 Å². The summed E-state index contributed by atoms with van der Waals surface area (Å²) < 4.78 is 13.3. The van der Waals surface area contributed by atoms with Crippen LogP contribution in [-0.4, -0.2) is 10.2 Å². The molecule has 0 bridgehead atoms. The standard InChI is InChI=1S/C9H6ClFN2S/c1-5-2-3-6(11)4-7(5)8-12-13-9(10)14-8/h2-4H,1H3. The highest BCUT2D eigenvalue weighted by Crippen LogP contribution is 2.28. The lowest BCUT2D eigenvalue weighted by Crippen LogP contribution is -1.84. The predicted molar refractivity (Wildman–Crippen MR) is 55.1 cm³/mol. The fourth-order valence-corrected chi connectivity index (χ4v) is 2.05. The predicted octanol–water partition coefficient (Wildman–Crippen LogP) is 3.31. The smallest absolute Gasteiger partial charge is 0.207 e. The second-order valence-electron chi connectivity index (χ2n) is 2.82. The molecule has 2 aromatic rings. The molecule has 5 heteroatoms. The third-order valence-electron chi connectivity index (χ3n) is 1.83. The Morgan fingerprint density at radius 3 is 2.79 bits per heavy atom. The fourth-order valence-electron chi connectivity index (χ4n) is 1.14. The summed E-state index contributed by atoms with van der Waals surface area (Å²) >= 11 is 6.89. The maximum absolute atomic E-state index is 13.0. The first-order chi connectivity index (χ1) is 6.66. The topological polar surface area (TPSA) is 25.8 Å². The van der Waals surface area contributed by atoms with E-state index < -0.39 is 0 Å². The Bertz CT molecular complexity index is 470. The molecule has 14 heavy (non-hydrogen) atoms. The molecule has 0 aliphatic rings. The average Bonchev–Trinajstić information content (AvgIpc) is 2.56. The fraction of sp³-hybridized carbons (Fsp3) is 0.111. The molecule has 0 unspecified atom stereocenters. The van der Waals surface area contributed by atoms with E-state index in [1.165, 1.54) is 23.5 Å². The molecule has 1 heterocycles. The van der Waals surface area contributed by atoms with Crippen LogP contribution < -0.4 is 0 Å². The highest BCUT2D eigenvalue weighted by Gasteiger charge is 2.08. The highest BCUT2D eigenvalue weighted by atomic mass is 35.5. The summed E-state index contributed by atoms with van der Waals surface area (Å²) in [4.78, 5) is 0. The van der Waals surface area contributed by atoms with Gasteiger partial charge in [-0.05, 0) is 36.2 Å². The number of hydrogen-bond donors (Lipinski definition) is 0. The van der Waals surface area contributed by atoms with Crippen molar-refractivity contribution in [2.45, 2.75) is 6.92 Å². The van der Waals surface area contributed by atoms with Crippen molar-refractivity contribution in [3.63, 3.8) is 0 Å². The average molecular weight is 229 g/mol. The van der Waals surface area contributed by atoms with Crippen LogP contribution in [0.5, 0.6) is 0 Å². The van der Waals surface area contributed by atoms with Crippen LogP contribution in [0, 0.1) is 12.7 Å². The monoisotopic (exact) mass is 228 g/mol. The number of rotatable bonds is 1. The molecule has 0 N–H and O–H groups in total. The first kappa shape index (κ1) is 9.55. The van der Waals surface area contributed by atoms with Crippen LogP contribution in [0.15, 0.2) is 18.2 Å². The van der Waals surface area contributed by atoms with Gasteiger partial charge in [0.25, 0.3) is 0 Å². The van der Waals surface area contributed by atoms with Crippen LogP contribution in [-0.2, 0) is 0 Å². The number of halogens is 2. The molecule has 0 spiro atoms. The van der Waals surface area contributed by atoms with Crippen LogP contribution in [0.25, 0.3) is 10.6 Å². The van der Waals surface area contributed by atoms with Gasteiger partial charge in [0.1, 0.15) is 10.8 Å². The van der Waals surface area contributed by atoms with E-state index in [-0.39, 0.29) is 5.82 Å². The van der Waals surface area contributed by atoms with Crippen molar-refractivity contribution in [3.05, 3.63) is 34.0 Å². The van der Waals surface area contributed by atoms with Gasteiger partial charge in [-0.1, -0.05) is 17.4 Å². The van der Waals surface area contributed by atoms with Crippen LogP contribution in [0.4, 0.5) is 4.39 Å². The molecule has 1 aromatic heterocycles. The molecule has 0 saturated heterocycles. The molecule has 0 fully saturated rings. The minimum Gasteiger partial charge on any atom is -0.207 e. The maximum Gasteiger partial charge on any atom is 0.207 e. The number of aromatic nitrogens is 2. The molecular formula is C9H6ClFN2S. The van der Waals surface area contributed by atoms with E-state index >= 15 is 0 Å². The van der Waals surface area contributed by atoms with Crippen molar-refractivity contribution in [2.24, 2.45) is 0 Å². The first-order valence-corrected chi connectivity index (χ1v) is 5.12. The van der Waals surface area contributed by atoms with E-state index in [9.17, 15) is 4.39 Å². The Morgan fingerprint density at radius 1 is 1.36 bits per heavy atom. The summed E-state index contributed by atoms with van der Waals surface area (Å²) in [6.45, 7) is 1.89. The Kier molecular flexibility index (Phi) is 2.48. The molecule has 0 atom stereocenters. The Balaban J connectivity index is 2.55. The van der Waals surface area contributed by atoms with Crippen molar-refractivity contribution in [1.82, 2.24) is 10.2 Å². The normalized spacial score (nSPS) is 10.5. The second-order valence-corrected chi connectivity index (χ2v) is 4.38. The van der Waals surface area contributed by atoms with E-state index in [0.29, 0.717) is 9.47 Å². The zero-order valence-corrected chi connectivity index (χ0v) is 8.86. The first-order valence-electron chi connectivity index (χ1n) is 3.92. The van der Waals surface area contributed by atoms with E-state index in [1.54, 1.807) is 6.07 Å². The Morgan fingerprint density at radius 2 is 2.14 bits per heavy atom. The summed E-state index contributed by atoms with van der Waals surface area (Å²) in [5.74, 6) is -0.281. The Labute approximate surface area is 89.4 Å². The minimum atomic E-state index is -0.281. The number of hydrogen-bond acceptors (Lipinski definition) is 3. The van der Waals surface area contributed by atoms with Gasteiger partial charge in [-0.3, -0.25) is 0 Å². The van der Waals surface area contributed by atoms with Gasteiger partial charge < -0.3 is 0 Å². The van der Waals surface area contributed by atoms with Gasteiger partial charge in [0.05, 0.1) is 0 Å². The second kappa shape index (κ2) is 3.63. The van der Waals surface area contributed by atoms with E-state index in [0.717, 1.165) is 11.1 Å². The summed E-state index contributed by atoms with van der Waals surface area (Å²) in [6, 6.07) is 4.56. The molecule has 1 aromatic carbocycles. The molecule has 72 valence electrons. The molecule has 0 amide bonds. The van der Waals surface area contributed by atoms with Crippen LogP contribution in [0.2, 0.25) is 4.47 Å².